The van der Waals surface area contributed by atoms with E-state index in [0.717, 1.165) is 48.5 Å². The van der Waals surface area contributed by atoms with Crippen molar-refractivity contribution in [1.29, 1.82) is 0 Å². The van der Waals surface area contributed by atoms with Gasteiger partial charge in [0, 0.05) is 37.7 Å². The van der Waals surface area contributed by atoms with Crippen LogP contribution >= 0.6 is 0 Å². The molecule has 1 saturated heterocycles. The van der Waals surface area contributed by atoms with Gasteiger partial charge < -0.3 is 9.47 Å². The number of pyridine rings is 1. The Balaban J connectivity index is 1.30. The fraction of sp³-hybridized carbons (Fsp3) is 0.261. The van der Waals surface area contributed by atoms with Gasteiger partial charge in [-0.2, -0.15) is 0 Å². The summed E-state index contributed by atoms with van der Waals surface area (Å²) in [6.45, 7) is 2.65. The van der Waals surface area contributed by atoms with E-state index in [4.69, 9.17) is 9.47 Å². The Labute approximate surface area is 177 Å². The maximum absolute atomic E-state index is 11.5. The minimum absolute atomic E-state index is 0.0784. The fourth-order valence-corrected chi connectivity index (χ4v) is 4.00. The zero-order chi connectivity index (χ0) is 21.1. The number of hydrogen-bond donors (Lipinski definition) is 0. The molecule has 0 saturated carbocycles. The molecule has 156 valence electrons. The summed E-state index contributed by atoms with van der Waals surface area (Å²) in [5.41, 5.74) is 3.05. The number of aromatic nitrogens is 1. The first-order chi connectivity index (χ1) is 14.4. The Kier molecular flexibility index (Phi) is 5.74. The first kappa shape index (κ1) is 20.4. The normalized spacial score (nSPS) is 14.9. The van der Waals surface area contributed by atoms with Crippen LogP contribution in [0.4, 0.5) is 0 Å². The minimum Gasteiger partial charge on any atom is -0.497 e. The summed E-state index contributed by atoms with van der Waals surface area (Å²) in [7, 11) is -1.61. The second-order valence-corrected chi connectivity index (χ2v) is 9.43. The number of likely N-dealkylation sites (tertiary alicyclic amines) is 1. The SMILES string of the molecule is COc1cccc(CN2CC(Oc3ccc(-c4ccc(S(C)(=O)=O)nc4)cc3)C2)c1. The molecule has 0 N–H and O–H groups in total. The van der Waals surface area contributed by atoms with E-state index in [0.29, 0.717) is 0 Å². The molecule has 1 aromatic heterocycles. The Hall–Kier alpha value is -2.90. The molecule has 2 heterocycles. The van der Waals surface area contributed by atoms with Gasteiger partial charge in [0.2, 0.25) is 0 Å². The lowest BCUT2D eigenvalue weighted by Gasteiger charge is -2.39. The lowest BCUT2D eigenvalue weighted by atomic mass is 10.1. The van der Waals surface area contributed by atoms with Gasteiger partial charge in [-0.15, -0.1) is 0 Å². The molecule has 7 heteroatoms. The molecule has 1 aliphatic rings. The van der Waals surface area contributed by atoms with Crippen molar-refractivity contribution >= 4 is 9.84 Å². The maximum atomic E-state index is 11.5. The molecule has 1 aliphatic heterocycles. The van der Waals surface area contributed by atoms with E-state index < -0.39 is 9.84 Å². The summed E-state index contributed by atoms with van der Waals surface area (Å²) >= 11 is 0. The first-order valence-corrected chi connectivity index (χ1v) is 11.6. The molecule has 4 rings (SSSR count). The molecule has 6 nitrogen and oxygen atoms in total. The highest BCUT2D eigenvalue weighted by molar-refractivity contribution is 7.90. The monoisotopic (exact) mass is 424 g/mol. The van der Waals surface area contributed by atoms with Gasteiger partial charge >= 0.3 is 0 Å². The van der Waals surface area contributed by atoms with E-state index in [9.17, 15) is 8.42 Å². The third-order valence-corrected chi connectivity index (χ3v) is 6.07. The number of methoxy groups -OCH3 is 1. The van der Waals surface area contributed by atoms with Gasteiger partial charge in [0.25, 0.3) is 0 Å². The topological polar surface area (TPSA) is 68.7 Å². The van der Waals surface area contributed by atoms with Crippen LogP contribution in [-0.2, 0) is 16.4 Å². The maximum Gasteiger partial charge on any atom is 0.192 e. The standard InChI is InChI=1S/C23H24N2O4S/c1-28-21-5-3-4-17(12-21)14-25-15-22(16-25)29-20-9-6-18(7-10-20)19-8-11-23(24-13-19)30(2,26)27/h3-13,22H,14-16H2,1-2H3. The van der Waals surface area contributed by atoms with Crippen molar-refractivity contribution in [2.75, 3.05) is 26.5 Å². The van der Waals surface area contributed by atoms with Crippen molar-refractivity contribution in [1.82, 2.24) is 9.88 Å². The number of sulfone groups is 1. The predicted molar refractivity (Wildman–Crippen MR) is 115 cm³/mol. The average Bonchev–Trinajstić information content (AvgIpc) is 2.72. The Bertz CT molecular complexity index is 1110. The van der Waals surface area contributed by atoms with Crippen LogP contribution in [0.1, 0.15) is 5.56 Å². The molecule has 2 aromatic carbocycles. The summed E-state index contributed by atoms with van der Waals surface area (Å²) in [4.78, 5) is 6.38. The number of ether oxygens (including phenoxy) is 2. The van der Waals surface area contributed by atoms with Crippen molar-refractivity contribution in [3.05, 3.63) is 72.4 Å². The van der Waals surface area contributed by atoms with Gasteiger partial charge in [0.05, 0.1) is 7.11 Å². The molecule has 0 amide bonds. The first-order valence-electron chi connectivity index (χ1n) is 9.69. The van der Waals surface area contributed by atoms with Gasteiger partial charge in [-0.25, -0.2) is 13.4 Å². The van der Waals surface area contributed by atoms with E-state index in [-0.39, 0.29) is 11.1 Å². The molecule has 0 aliphatic carbocycles. The molecule has 1 fully saturated rings. The van der Waals surface area contributed by atoms with Gasteiger partial charge in [-0.1, -0.05) is 24.3 Å². The van der Waals surface area contributed by atoms with Gasteiger partial charge in [0.15, 0.2) is 14.9 Å². The Morgan fingerprint density at radius 1 is 1.00 bits per heavy atom. The van der Waals surface area contributed by atoms with Crippen LogP contribution in [0.3, 0.4) is 0 Å². The zero-order valence-corrected chi connectivity index (χ0v) is 17.8. The highest BCUT2D eigenvalue weighted by Gasteiger charge is 2.28. The van der Waals surface area contributed by atoms with E-state index in [2.05, 4.69) is 22.0 Å². The van der Waals surface area contributed by atoms with Crippen LogP contribution in [0.15, 0.2) is 71.9 Å². The molecule has 0 radical (unpaired) electrons. The quantitative estimate of drug-likeness (QED) is 0.579. The highest BCUT2D eigenvalue weighted by Crippen LogP contribution is 2.25. The molecule has 3 aromatic rings. The molecular weight excluding hydrogens is 400 g/mol. The smallest absolute Gasteiger partial charge is 0.192 e. The van der Waals surface area contributed by atoms with Crippen LogP contribution in [0.25, 0.3) is 11.1 Å². The van der Waals surface area contributed by atoms with Crippen molar-refractivity contribution in [2.45, 2.75) is 17.7 Å². The van der Waals surface area contributed by atoms with Crippen LogP contribution in [0.2, 0.25) is 0 Å². The number of benzene rings is 2. The van der Waals surface area contributed by atoms with E-state index >= 15 is 0 Å². The summed E-state index contributed by atoms with van der Waals surface area (Å²) in [6.07, 6.45) is 2.91. The van der Waals surface area contributed by atoms with E-state index in [1.165, 1.54) is 11.6 Å². The third-order valence-electron chi connectivity index (χ3n) is 5.07. The Morgan fingerprint density at radius 3 is 2.37 bits per heavy atom. The van der Waals surface area contributed by atoms with Crippen LogP contribution < -0.4 is 9.47 Å². The predicted octanol–water partition coefficient (Wildman–Crippen LogP) is 3.42. The largest absolute Gasteiger partial charge is 0.497 e. The van der Waals surface area contributed by atoms with Crippen molar-refractivity contribution in [2.24, 2.45) is 0 Å². The van der Waals surface area contributed by atoms with Gasteiger partial charge in [-0.05, 0) is 47.5 Å². The van der Waals surface area contributed by atoms with Crippen molar-refractivity contribution in [3.8, 4) is 22.6 Å². The van der Waals surface area contributed by atoms with Crippen LogP contribution in [-0.4, -0.2) is 50.9 Å². The molecule has 0 atom stereocenters. The fourth-order valence-electron chi connectivity index (χ4n) is 3.44. The number of hydrogen-bond acceptors (Lipinski definition) is 6. The van der Waals surface area contributed by atoms with Gasteiger partial charge in [-0.3, -0.25) is 4.90 Å². The number of nitrogens with zero attached hydrogens (tertiary/aromatic N) is 2. The molecule has 30 heavy (non-hydrogen) atoms. The summed E-state index contributed by atoms with van der Waals surface area (Å²) < 4.78 is 34.4. The Morgan fingerprint density at radius 2 is 1.73 bits per heavy atom. The minimum atomic E-state index is -3.29. The van der Waals surface area contributed by atoms with Crippen molar-refractivity contribution in [3.63, 3.8) is 0 Å². The zero-order valence-electron chi connectivity index (χ0n) is 17.0. The number of rotatable bonds is 7. The second kappa shape index (κ2) is 8.45. The van der Waals surface area contributed by atoms with E-state index in [1.54, 1.807) is 19.4 Å². The lowest BCUT2D eigenvalue weighted by molar-refractivity contribution is 0.0145. The molecular formula is C23H24N2O4S. The van der Waals surface area contributed by atoms with Crippen molar-refractivity contribution < 1.29 is 17.9 Å². The van der Waals surface area contributed by atoms with E-state index in [1.807, 2.05) is 36.4 Å². The molecule has 0 unspecified atom stereocenters. The summed E-state index contributed by atoms with van der Waals surface area (Å²) in [5, 5.41) is 0.0784. The second-order valence-electron chi connectivity index (χ2n) is 7.47. The lowest BCUT2D eigenvalue weighted by Crippen LogP contribution is -2.53. The molecule has 0 spiro atoms. The average molecular weight is 425 g/mol. The highest BCUT2D eigenvalue weighted by atomic mass is 32.2. The van der Waals surface area contributed by atoms with Crippen LogP contribution in [0.5, 0.6) is 11.5 Å². The molecule has 0 bridgehead atoms. The third kappa shape index (κ3) is 4.80. The van der Waals surface area contributed by atoms with Crippen LogP contribution in [0, 0.1) is 0 Å². The summed E-state index contributed by atoms with van der Waals surface area (Å²) in [6, 6.07) is 19.2. The summed E-state index contributed by atoms with van der Waals surface area (Å²) in [5.74, 6) is 1.70. The van der Waals surface area contributed by atoms with Gasteiger partial charge in [0.1, 0.15) is 17.6 Å².